The Kier molecular flexibility index (Phi) is 6.64. The number of rotatable bonds is 9. The fourth-order valence-corrected chi connectivity index (χ4v) is 4.64. The molecule has 3 N–H and O–H groups in total. The number of nitrogens with zero attached hydrogens (tertiary/aromatic N) is 2. The minimum absolute atomic E-state index is 0.239. The topological polar surface area (TPSA) is 119 Å². The van der Waals surface area contributed by atoms with Crippen LogP contribution in [0, 0.1) is 0 Å². The largest absolute Gasteiger partial charge is 0.355 e. The summed E-state index contributed by atoms with van der Waals surface area (Å²) in [7, 11) is -3.43. The van der Waals surface area contributed by atoms with Crippen LogP contribution < -0.4 is 10.5 Å². The molecule has 0 aliphatic carbocycles. The predicted molar refractivity (Wildman–Crippen MR) is 104 cm³/mol. The van der Waals surface area contributed by atoms with Gasteiger partial charge in [0.05, 0.1) is 10.1 Å². The maximum Gasteiger partial charge on any atom is 0.273 e. The van der Waals surface area contributed by atoms with Crippen molar-refractivity contribution in [2.75, 3.05) is 26.2 Å². The molecule has 3 heterocycles. The number of thiophene rings is 1. The number of hydrogen-bond acceptors (Lipinski definition) is 7. The first-order chi connectivity index (χ1) is 12.9. The second-order valence-corrected chi connectivity index (χ2v) is 9.46. The van der Waals surface area contributed by atoms with E-state index in [0.29, 0.717) is 25.3 Å². The maximum atomic E-state index is 12.1. The average molecular weight is 413 g/mol. The average Bonchev–Trinajstić information content (AvgIpc) is 3.38. The number of amides is 1. The van der Waals surface area contributed by atoms with Crippen LogP contribution >= 0.6 is 11.3 Å². The van der Waals surface area contributed by atoms with Crippen molar-refractivity contribution in [2.45, 2.75) is 30.9 Å². The number of nitrogens with two attached hydrogens (primary N) is 1. The van der Waals surface area contributed by atoms with E-state index in [2.05, 4.69) is 15.4 Å². The zero-order valence-electron chi connectivity index (χ0n) is 15.0. The van der Waals surface area contributed by atoms with Crippen LogP contribution in [0.15, 0.2) is 28.1 Å². The summed E-state index contributed by atoms with van der Waals surface area (Å²) in [4.78, 5) is 15.2. The van der Waals surface area contributed by atoms with Gasteiger partial charge in [0.25, 0.3) is 5.91 Å². The van der Waals surface area contributed by atoms with Crippen molar-refractivity contribution in [3.05, 3.63) is 29.3 Å². The Balaban J connectivity index is 1.30. The first-order valence-corrected chi connectivity index (χ1v) is 11.4. The third kappa shape index (κ3) is 5.61. The molecule has 0 spiro atoms. The van der Waals surface area contributed by atoms with Crippen LogP contribution in [0.3, 0.4) is 0 Å². The molecule has 0 aromatic carbocycles. The molecule has 1 atom stereocenters. The molecule has 148 valence electrons. The van der Waals surface area contributed by atoms with Gasteiger partial charge < -0.3 is 14.7 Å². The van der Waals surface area contributed by atoms with E-state index in [1.807, 2.05) is 17.5 Å². The summed E-state index contributed by atoms with van der Waals surface area (Å²) in [5.41, 5.74) is 0.282. The Morgan fingerprint density at radius 1 is 1.41 bits per heavy atom. The van der Waals surface area contributed by atoms with Crippen molar-refractivity contribution >= 4 is 27.3 Å². The van der Waals surface area contributed by atoms with Crippen molar-refractivity contribution in [2.24, 2.45) is 5.14 Å². The van der Waals surface area contributed by atoms with Gasteiger partial charge in [-0.3, -0.25) is 4.79 Å². The Morgan fingerprint density at radius 3 is 2.96 bits per heavy atom. The zero-order valence-corrected chi connectivity index (χ0v) is 16.6. The molecule has 0 bridgehead atoms. The number of unbranched alkanes of at least 4 members (excludes halogenated alkanes) is 2. The number of carbonyl (C=O) groups excluding carboxylic acids is 1. The van der Waals surface area contributed by atoms with E-state index in [1.54, 1.807) is 6.07 Å². The summed E-state index contributed by atoms with van der Waals surface area (Å²) in [6, 6.07) is 5.48. The molecule has 1 unspecified atom stereocenters. The molecule has 2 aromatic rings. The summed E-state index contributed by atoms with van der Waals surface area (Å²) in [6.45, 7) is 2.72. The van der Waals surface area contributed by atoms with Crippen LogP contribution in [0.2, 0.25) is 0 Å². The van der Waals surface area contributed by atoms with Gasteiger partial charge in [-0.2, -0.15) is 0 Å². The molecule has 1 aliphatic heterocycles. The minimum atomic E-state index is -3.43. The van der Waals surface area contributed by atoms with Gasteiger partial charge in [0.15, 0.2) is 11.5 Å². The van der Waals surface area contributed by atoms with Gasteiger partial charge in [0.1, 0.15) is 0 Å². The second kappa shape index (κ2) is 8.96. The maximum absolute atomic E-state index is 12.1. The minimum Gasteiger partial charge on any atom is -0.355 e. The highest BCUT2D eigenvalue weighted by molar-refractivity contribution is 7.89. The molecule has 10 heteroatoms. The van der Waals surface area contributed by atoms with Crippen molar-refractivity contribution in [1.82, 2.24) is 15.4 Å². The molecule has 1 saturated heterocycles. The lowest BCUT2D eigenvalue weighted by Crippen LogP contribution is -2.32. The highest BCUT2D eigenvalue weighted by Gasteiger charge is 2.29. The van der Waals surface area contributed by atoms with Crippen molar-refractivity contribution in [1.29, 1.82) is 0 Å². The van der Waals surface area contributed by atoms with Crippen LogP contribution in [0.5, 0.6) is 0 Å². The molecule has 3 rings (SSSR count). The van der Waals surface area contributed by atoms with Gasteiger partial charge in [0, 0.05) is 19.2 Å². The van der Waals surface area contributed by atoms with E-state index < -0.39 is 15.3 Å². The molecule has 2 aromatic heterocycles. The van der Waals surface area contributed by atoms with Gasteiger partial charge in [-0.25, -0.2) is 13.6 Å². The summed E-state index contributed by atoms with van der Waals surface area (Å²) >= 11 is 1.53. The smallest absolute Gasteiger partial charge is 0.273 e. The van der Waals surface area contributed by atoms with Crippen LogP contribution in [0.4, 0.5) is 0 Å². The molecule has 1 aliphatic rings. The molecule has 0 radical (unpaired) electrons. The zero-order chi connectivity index (χ0) is 19.3. The summed E-state index contributed by atoms with van der Waals surface area (Å²) in [5, 5.41) is 13.4. The Labute approximate surface area is 162 Å². The second-order valence-electron chi connectivity index (χ2n) is 6.67. The lowest BCUT2D eigenvalue weighted by atomic mass is 10.2. The number of hydrogen-bond donors (Lipinski definition) is 2. The highest BCUT2D eigenvalue weighted by atomic mass is 32.2. The molecular formula is C17H24N4O4S2. The first kappa shape index (κ1) is 20.0. The van der Waals surface area contributed by atoms with E-state index in [1.165, 1.54) is 11.3 Å². The number of primary sulfonamides is 1. The SMILES string of the molecule is NS(=O)(=O)C1CCN(CCCCCNC(=O)c2cc(-c3cccs3)on2)C1. The van der Waals surface area contributed by atoms with Crippen LogP contribution in [-0.4, -0.2) is 55.8 Å². The summed E-state index contributed by atoms with van der Waals surface area (Å²) < 4.78 is 27.9. The van der Waals surface area contributed by atoms with E-state index in [0.717, 1.165) is 37.2 Å². The van der Waals surface area contributed by atoms with Crippen molar-refractivity contribution in [3.63, 3.8) is 0 Å². The molecular weight excluding hydrogens is 388 g/mol. The van der Waals surface area contributed by atoms with Crippen LogP contribution in [-0.2, 0) is 10.0 Å². The Bertz CT molecular complexity index is 848. The fraction of sp³-hybridized carbons (Fsp3) is 0.529. The first-order valence-electron chi connectivity index (χ1n) is 8.96. The number of likely N-dealkylation sites (tertiary alicyclic amines) is 1. The number of aromatic nitrogens is 1. The Morgan fingerprint density at radius 2 is 2.26 bits per heavy atom. The highest BCUT2D eigenvalue weighted by Crippen LogP contribution is 2.25. The molecule has 8 nitrogen and oxygen atoms in total. The van der Waals surface area contributed by atoms with Crippen LogP contribution in [0.1, 0.15) is 36.2 Å². The van der Waals surface area contributed by atoms with Gasteiger partial charge in [0.2, 0.25) is 10.0 Å². The lowest BCUT2D eigenvalue weighted by Gasteiger charge is -2.15. The summed E-state index contributed by atoms with van der Waals surface area (Å²) in [6.07, 6.45) is 3.38. The third-order valence-electron chi connectivity index (χ3n) is 4.64. The van der Waals surface area contributed by atoms with Crippen molar-refractivity contribution < 1.29 is 17.7 Å². The number of sulfonamides is 1. The number of carbonyl (C=O) groups is 1. The van der Waals surface area contributed by atoms with E-state index in [9.17, 15) is 13.2 Å². The summed E-state index contributed by atoms with van der Waals surface area (Å²) in [5.74, 6) is 0.357. The molecule has 1 amide bonds. The van der Waals surface area contributed by atoms with Crippen LogP contribution in [0.25, 0.3) is 10.6 Å². The molecule has 1 fully saturated rings. The normalized spacial score (nSPS) is 18.0. The standard InChI is InChI=1S/C17H24N4O4S2/c18-27(23,24)13-6-9-21(12-13)8-3-1-2-7-19-17(22)14-11-15(25-20-14)16-5-4-10-26-16/h4-5,10-11,13H,1-3,6-9,12H2,(H,19,22)(H2,18,23,24). The number of nitrogens with one attached hydrogen (secondary N) is 1. The van der Waals surface area contributed by atoms with E-state index >= 15 is 0 Å². The Hall–Kier alpha value is -1.75. The molecule has 27 heavy (non-hydrogen) atoms. The third-order valence-corrected chi connectivity index (χ3v) is 6.84. The van der Waals surface area contributed by atoms with Gasteiger partial charge in [-0.05, 0) is 43.8 Å². The molecule has 0 saturated carbocycles. The quantitative estimate of drug-likeness (QED) is 0.605. The van der Waals surface area contributed by atoms with E-state index in [-0.39, 0.29) is 11.6 Å². The lowest BCUT2D eigenvalue weighted by molar-refractivity contribution is 0.0944. The van der Waals surface area contributed by atoms with Crippen molar-refractivity contribution in [3.8, 4) is 10.6 Å². The monoisotopic (exact) mass is 412 g/mol. The van der Waals surface area contributed by atoms with Gasteiger partial charge >= 0.3 is 0 Å². The van der Waals surface area contributed by atoms with Gasteiger partial charge in [-0.15, -0.1) is 11.3 Å². The predicted octanol–water partition coefficient (Wildman–Crippen LogP) is 1.67. The van der Waals surface area contributed by atoms with Gasteiger partial charge in [-0.1, -0.05) is 17.6 Å². The fourth-order valence-electron chi connectivity index (χ4n) is 3.12. The van der Waals surface area contributed by atoms with E-state index in [4.69, 9.17) is 9.66 Å².